The molecule has 0 bridgehead atoms. The second-order valence-electron chi connectivity index (χ2n) is 6.03. The molecule has 2 aromatic rings. The van der Waals surface area contributed by atoms with Crippen LogP contribution in [0.3, 0.4) is 0 Å². The van der Waals surface area contributed by atoms with Crippen LogP contribution in [-0.2, 0) is 16.0 Å². The first kappa shape index (κ1) is 16.4. The summed E-state index contributed by atoms with van der Waals surface area (Å²) in [5.74, 6) is -0.180. The molecule has 0 saturated heterocycles. The number of hydrogen-bond acceptors (Lipinski definition) is 2. The number of carbonyl (C=O) groups excluding carboxylic acids is 1. The third-order valence-corrected chi connectivity index (χ3v) is 4.38. The molecular weight excluding hydrogens is 303 g/mol. The van der Waals surface area contributed by atoms with Crippen molar-refractivity contribution in [3.05, 3.63) is 77.1 Å². The van der Waals surface area contributed by atoms with E-state index in [1.54, 1.807) is 6.07 Å². The van der Waals surface area contributed by atoms with Crippen molar-refractivity contribution in [1.29, 1.82) is 0 Å². The third kappa shape index (κ3) is 3.56. The number of hydrogen-bond donors (Lipinski definition) is 0. The molecule has 1 aliphatic rings. The number of rotatable bonds is 5. The van der Waals surface area contributed by atoms with Crippen LogP contribution >= 0.6 is 0 Å². The summed E-state index contributed by atoms with van der Waals surface area (Å²) in [5.41, 5.74) is 3.82. The number of esters is 1. The van der Waals surface area contributed by atoms with E-state index in [-0.39, 0.29) is 17.7 Å². The van der Waals surface area contributed by atoms with E-state index in [0.717, 1.165) is 17.6 Å². The van der Waals surface area contributed by atoms with E-state index >= 15 is 0 Å². The largest absolute Gasteiger partial charge is 0.466 e. The fourth-order valence-electron chi connectivity index (χ4n) is 3.26. The molecule has 2 aromatic carbocycles. The van der Waals surface area contributed by atoms with E-state index in [0.29, 0.717) is 25.0 Å². The summed E-state index contributed by atoms with van der Waals surface area (Å²) in [6.07, 6.45) is 4.08. The minimum atomic E-state index is -0.218. The lowest BCUT2D eigenvalue weighted by atomic mass is 9.80. The van der Waals surface area contributed by atoms with Gasteiger partial charge < -0.3 is 4.74 Å². The van der Waals surface area contributed by atoms with Crippen LogP contribution in [0.1, 0.15) is 36.5 Å². The zero-order valence-corrected chi connectivity index (χ0v) is 13.8. The number of halogens is 1. The highest BCUT2D eigenvalue weighted by atomic mass is 19.1. The van der Waals surface area contributed by atoms with Crippen molar-refractivity contribution in [1.82, 2.24) is 0 Å². The molecule has 0 aliphatic heterocycles. The predicted molar refractivity (Wildman–Crippen MR) is 93.0 cm³/mol. The number of ether oxygens (including phenoxy) is 1. The normalized spacial score (nSPS) is 16.2. The van der Waals surface area contributed by atoms with Gasteiger partial charge in [-0.05, 0) is 48.4 Å². The molecule has 0 aromatic heterocycles. The highest BCUT2D eigenvalue weighted by Crippen LogP contribution is 2.36. The van der Waals surface area contributed by atoms with E-state index in [1.165, 1.54) is 11.6 Å². The predicted octanol–water partition coefficient (Wildman–Crippen LogP) is 4.77. The van der Waals surface area contributed by atoms with Gasteiger partial charge in [-0.3, -0.25) is 4.79 Å². The Balaban J connectivity index is 1.90. The molecule has 3 rings (SSSR count). The summed E-state index contributed by atoms with van der Waals surface area (Å²) in [5, 5.41) is 0. The van der Waals surface area contributed by atoms with Crippen LogP contribution < -0.4 is 0 Å². The Labute approximate surface area is 142 Å². The highest BCUT2D eigenvalue weighted by Gasteiger charge is 2.22. The van der Waals surface area contributed by atoms with Crippen molar-refractivity contribution in [3.63, 3.8) is 0 Å². The van der Waals surface area contributed by atoms with Crippen LogP contribution in [0.4, 0.5) is 4.39 Å². The summed E-state index contributed by atoms with van der Waals surface area (Å²) in [6, 6.07) is 15.0. The molecule has 0 amide bonds. The number of benzene rings is 2. The molecule has 3 heteroatoms. The zero-order chi connectivity index (χ0) is 16.9. The first-order valence-corrected chi connectivity index (χ1v) is 8.39. The Morgan fingerprint density at radius 3 is 2.58 bits per heavy atom. The van der Waals surface area contributed by atoms with Gasteiger partial charge in [0.2, 0.25) is 0 Å². The Bertz CT molecular complexity index is 764. The van der Waals surface area contributed by atoms with Gasteiger partial charge in [-0.15, -0.1) is 0 Å². The molecule has 0 radical (unpaired) electrons. The lowest BCUT2D eigenvalue weighted by Gasteiger charge is -2.24. The molecule has 2 nitrogen and oxygen atoms in total. The topological polar surface area (TPSA) is 26.3 Å². The fourth-order valence-corrected chi connectivity index (χ4v) is 3.26. The Morgan fingerprint density at radius 2 is 1.83 bits per heavy atom. The standard InChI is InChI=1S/C21H21FO2/c1-2-24-21(23)12-11-15-13-16-7-3-4-8-17(16)19(14-15)18-9-5-6-10-20(18)22/h3-10,14-15H,2,11-13H2,1H3. The molecule has 24 heavy (non-hydrogen) atoms. The summed E-state index contributed by atoms with van der Waals surface area (Å²) in [6.45, 7) is 2.22. The minimum Gasteiger partial charge on any atom is -0.466 e. The quantitative estimate of drug-likeness (QED) is 0.740. The minimum absolute atomic E-state index is 0.169. The molecule has 1 unspecified atom stereocenters. The summed E-state index contributed by atoms with van der Waals surface area (Å²) >= 11 is 0. The first-order valence-electron chi connectivity index (χ1n) is 8.39. The molecule has 1 aliphatic carbocycles. The van der Waals surface area contributed by atoms with E-state index in [2.05, 4.69) is 12.1 Å². The Hall–Kier alpha value is -2.42. The van der Waals surface area contributed by atoms with Gasteiger partial charge in [-0.2, -0.15) is 0 Å². The van der Waals surface area contributed by atoms with Crippen LogP contribution in [-0.4, -0.2) is 12.6 Å². The van der Waals surface area contributed by atoms with Crippen LogP contribution in [0.15, 0.2) is 54.6 Å². The molecule has 0 N–H and O–H groups in total. The van der Waals surface area contributed by atoms with Gasteiger partial charge in [0, 0.05) is 12.0 Å². The average Bonchev–Trinajstić information content (AvgIpc) is 2.60. The van der Waals surface area contributed by atoms with Gasteiger partial charge in [0.05, 0.1) is 6.61 Å². The van der Waals surface area contributed by atoms with E-state index in [9.17, 15) is 9.18 Å². The van der Waals surface area contributed by atoms with Crippen molar-refractivity contribution in [3.8, 4) is 0 Å². The molecule has 0 spiro atoms. The van der Waals surface area contributed by atoms with E-state index in [4.69, 9.17) is 4.74 Å². The van der Waals surface area contributed by atoms with E-state index < -0.39 is 0 Å². The first-order chi connectivity index (χ1) is 11.7. The monoisotopic (exact) mass is 324 g/mol. The maximum Gasteiger partial charge on any atom is 0.305 e. The van der Waals surface area contributed by atoms with Crippen molar-refractivity contribution in [2.75, 3.05) is 6.61 Å². The second kappa shape index (κ2) is 7.43. The molecule has 0 saturated carbocycles. The van der Waals surface area contributed by atoms with Crippen molar-refractivity contribution in [2.24, 2.45) is 5.92 Å². The maximum atomic E-state index is 14.3. The lowest BCUT2D eigenvalue weighted by Crippen LogP contribution is -2.14. The van der Waals surface area contributed by atoms with Gasteiger partial charge in [0.15, 0.2) is 0 Å². The number of allylic oxidation sites excluding steroid dienone is 1. The SMILES string of the molecule is CCOC(=O)CCC1C=C(c2ccccc2F)c2ccccc2C1. The lowest BCUT2D eigenvalue weighted by molar-refractivity contribution is -0.143. The van der Waals surface area contributed by atoms with Crippen molar-refractivity contribution < 1.29 is 13.9 Å². The van der Waals surface area contributed by atoms with Crippen LogP contribution in [0.5, 0.6) is 0 Å². The van der Waals surface area contributed by atoms with Gasteiger partial charge in [0.25, 0.3) is 0 Å². The van der Waals surface area contributed by atoms with E-state index in [1.807, 2.05) is 37.3 Å². The summed E-state index contributed by atoms with van der Waals surface area (Å²) in [7, 11) is 0. The van der Waals surface area contributed by atoms with Crippen molar-refractivity contribution in [2.45, 2.75) is 26.2 Å². The van der Waals surface area contributed by atoms with Crippen LogP contribution in [0, 0.1) is 11.7 Å². The second-order valence-corrected chi connectivity index (χ2v) is 6.03. The number of fused-ring (bicyclic) bond motifs is 1. The molecule has 124 valence electrons. The molecule has 1 atom stereocenters. The smallest absolute Gasteiger partial charge is 0.305 e. The fraction of sp³-hybridized carbons (Fsp3) is 0.286. The van der Waals surface area contributed by atoms with Crippen molar-refractivity contribution >= 4 is 11.5 Å². The van der Waals surface area contributed by atoms with Gasteiger partial charge in [-0.25, -0.2) is 4.39 Å². The summed E-state index contributed by atoms with van der Waals surface area (Å²) in [4.78, 5) is 11.6. The van der Waals surface area contributed by atoms with Crippen LogP contribution in [0.2, 0.25) is 0 Å². The van der Waals surface area contributed by atoms with Gasteiger partial charge >= 0.3 is 5.97 Å². The number of carbonyl (C=O) groups is 1. The molecule has 0 fully saturated rings. The Morgan fingerprint density at radius 1 is 1.12 bits per heavy atom. The molecule has 0 heterocycles. The average molecular weight is 324 g/mol. The Kier molecular flexibility index (Phi) is 5.09. The van der Waals surface area contributed by atoms with Gasteiger partial charge in [-0.1, -0.05) is 48.5 Å². The molecular formula is C21H21FO2. The van der Waals surface area contributed by atoms with Crippen LogP contribution in [0.25, 0.3) is 5.57 Å². The van der Waals surface area contributed by atoms with Gasteiger partial charge in [0.1, 0.15) is 5.82 Å². The highest BCUT2D eigenvalue weighted by molar-refractivity contribution is 5.83. The third-order valence-electron chi connectivity index (χ3n) is 4.38. The maximum absolute atomic E-state index is 14.3. The zero-order valence-electron chi connectivity index (χ0n) is 13.8. The summed E-state index contributed by atoms with van der Waals surface area (Å²) < 4.78 is 19.3.